The van der Waals surface area contributed by atoms with Crippen molar-refractivity contribution in [3.05, 3.63) is 0 Å². The summed E-state index contributed by atoms with van der Waals surface area (Å²) in [6, 6.07) is -0.863. The average molecular weight is 490 g/mol. The second-order valence-electron chi connectivity index (χ2n) is 3.78. The fraction of sp³-hybridized carbons (Fsp3) is 0.750. The van der Waals surface area contributed by atoms with E-state index in [1.807, 2.05) is 13.8 Å². The van der Waals surface area contributed by atoms with Gasteiger partial charge in [0, 0.05) is 0 Å². The molecule has 0 aromatic carbocycles. The summed E-state index contributed by atoms with van der Waals surface area (Å²) in [6.07, 6.45) is 0. The Morgan fingerprint density at radius 2 is 1.78 bits per heavy atom. The zero-order valence-corrected chi connectivity index (χ0v) is 16.8. The topological polar surface area (TPSA) is 101 Å². The van der Waals surface area contributed by atoms with Gasteiger partial charge in [0.05, 0.1) is 0 Å². The second-order valence-corrected chi connectivity index (χ2v) is 28.5. The molecule has 0 rings (SSSR count). The van der Waals surface area contributed by atoms with Crippen LogP contribution in [0, 0.1) is 0 Å². The molecule has 0 bridgehead atoms. The van der Waals surface area contributed by atoms with Gasteiger partial charge in [-0.2, -0.15) is 0 Å². The van der Waals surface area contributed by atoms with Gasteiger partial charge in [-0.1, -0.05) is 0 Å². The van der Waals surface area contributed by atoms with E-state index in [9.17, 15) is 9.59 Å². The standard InChI is InChI=1S/C8H15NO4S2Se3/c1-4(6(10)11)14-16-18-17-15-8(2,3)5(9)7(12)13/h4-5H,9H2,1-3H3,(H,10,11)(H,12,13). The molecule has 5 nitrogen and oxygen atoms in total. The number of hydrogen-bond donors (Lipinski definition) is 3. The van der Waals surface area contributed by atoms with Gasteiger partial charge in [0.2, 0.25) is 0 Å². The third-order valence-electron chi connectivity index (χ3n) is 1.85. The van der Waals surface area contributed by atoms with E-state index < -0.39 is 22.7 Å². The van der Waals surface area contributed by atoms with E-state index in [0.717, 1.165) is 0 Å². The average Bonchev–Trinajstić information content (AvgIpc) is 2.26. The molecular formula is C8H15NO4S2Se3. The van der Waals surface area contributed by atoms with Gasteiger partial charge < -0.3 is 0 Å². The Balaban J connectivity index is 3.84. The Hall–Kier alpha value is 1.16. The third kappa shape index (κ3) is 7.68. The van der Waals surface area contributed by atoms with Crippen molar-refractivity contribution in [3.8, 4) is 0 Å². The Kier molecular flexibility index (Phi) is 9.75. The predicted octanol–water partition coefficient (Wildman–Crippen LogP) is -0.111. The van der Waals surface area contributed by atoms with Crippen LogP contribution in [0.3, 0.4) is 0 Å². The maximum absolute atomic E-state index is 10.8. The SMILES string of the molecule is CC(S[Se][Se][Se]SC(C)(C)C(N)C(=O)O)C(=O)O. The second kappa shape index (κ2) is 9.16. The molecule has 0 heterocycles. The molecule has 0 aliphatic rings. The van der Waals surface area contributed by atoms with Gasteiger partial charge in [0.1, 0.15) is 0 Å². The van der Waals surface area contributed by atoms with E-state index in [-0.39, 0.29) is 5.25 Å². The van der Waals surface area contributed by atoms with Crippen molar-refractivity contribution >= 4 is 67.6 Å². The summed E-state index contributed by atoms with van der Waals surface area (Å²) < 4.78 is -0.466. The summed E-state index contributed by atoms with van der Waals surface area (Å²) in [7, 11) is 3.11. The minimum atomic E-state index is -0.977. The molecule has 0 spiro atoms. The molecule has 10 heteroatoms. The fourth-order valence-corrected chi connectivity index (χ4v) is 40.6. The number of hydrogen-bond acceptors (Lipinski definition) is 5. The summed E-state index contributed by atoms with van der Waals surface area (Å²) in [5.74, 6) is -1.75. The number of nitrogens with two attached hydrogens (primary N) is 1. The van der Waals surface area contributed by atoms with Gasteiger partial charge in [-0.25, -0.2) is 0 Å². The minimum absolute atomic E-state index is 0.293. The molecule has 0 aromatic heterocycles. The molecule has 2 unspecified atom stereocenters. The number of aliphatic carboxylic acids is 2. The van der Waals surface area contributed by atoms with Crippen molar-refractivity contribution in [3.63, 3.8) is 0 Å². The van der Waals surface area contributed by atoms with Crippen LogP contribution in [-0.2, 0) is 9.59 Å². The molecule has 0 aromatic rings. The Morgan fingerprint density at radius 1 is 1.22 bits per heavy atom. The first-order valence-corrected chi connectivity index (χ1v) is 19.1. The van der Waals surface area contributed by atoms with Gasteiger partial charge in [-0.15, -0.1) is 0 Å². The van der Waals surface area contributed by atoms with Crippen LogP contribution in [0.2, 0.25) is 0 Å². The Labute approximate surface area is 129 Å². The van der Waals surface area contributed by atoms with Crippen LogP contribution in [0.5, 0.6) is 0 Å². The van der Waals surface area contributed by atoms with Crippen molar-refractivity contribution in [1.82, 2.24) is 0 Å². The first-order chi connectivity index (χ1) is 8.18. The van der Waals surface area contributed by atoms with Crippen LogP contribution < -0.4 is 5.73 Å². The van der Waals surface area contributed by atoms with Crippen LogP contribution in [0.15, 0.2) is 0 Å². The van der Waals surface area contributed by atoms with E-state index in [1.54, 1.807) is 17.1 Å². The van der Waals surface area contributed by atoms with Crippen molar-refractivity contribution in [2.24, 2.45) is 5.73 Å². The normalized spacial score (nSPS) is 15.1. The van der Waals surface area contributed by atoms with Gasteiger partial charge in [0.25, 0.3) is 0 Å². The predicted molar refractivity (Wildman–Crippen MR) is 79.2 cm³/mol. The number of carboxylic acids is 2. The Morgan fingerprint density at radius 3 is 2.22 bits per heavy atom. The summed E-state index contributed by atoms with van der Waals surface area (Å²) in [5.41, 5.74) is 5.62. The molecule has 0 aliphatic carbocycles. The maximum atomic E-state index is 10.8. The van der Waals surface area contributed by atoms with E-state index in [0.29, 0.717) is 35.3 Å². The fourth-order valence-electron chi connectivity index (χ4n) is 0.578. The van der Waals surface area contributed by atoms with Crippen molar-refractivity contribution in [1.29, 1.82) is 0 Å². The van der Waals surface area contributed by atoms with Crippen LogP contribution in [0.25, 0.3) is 0 Å². The molecule has 106 valence electrons. The third-order valence-corrected chi connectivity index (χ3v) is 36.7. The van der Waals surface area contributed by atoms with Crippen LogP contribution >= 0.6 is 20.4 Å². The van der Waals surface area contributed by atoms with Crippen molar-refractivity contribution < 1.29 is 19.8 Å². The molecular weight excluding hydrogens is 475 g/mol. The summed E-state index contributed by atoms with van der Waals surface area (Å²) in [5, 5.41) is 17.2. The zero-order chi connectivity index (χ0) is 14.3. The van der Waals surface area contributed by atoms with Crippen molar-refractivity contribution in [2.75, 3.05) is 0 Å². The van der Waals surface area contributed by atoms with E-state index in [4.69, 9.17) is 15.9 Å². The van der Waals surface area contributed by atoms with Crippen LogP contribution in [0.1, 0.15) is 20.8 Å². The van der Waals surface area contributed by atoms with E-state index >= 15 is 0 Å². The van der Waals surface area contributed by atoms with Gasteiger partial charge in [-0.3, -0.25) is 0 Å². The molecule has 0 fully saturated rings. The molecule has 0 radical (unpaired) electrons. The number of rotatable bonds is 9. The monoisotopic (exact) mass is 493 g/mol. The molecule has 4 N–H and O–H groups in total. The van der Waals surface area contributed by atoms with E-state index in [1.165, 1.54) is 10.2 Å². The summed E-state index contributed by atoms with van der Waals surface area (Å²) in [4.78, 5) is 21.4. The molecule has 0 aliphatic heterocycles. The summed E-state index contributed by atoms with van der Waals surface area (Å²) >= 11 is 1.00. The van der Waals surface area contributed by atoms with Crippen molar-refractivity contribution in [2.45, 2.75) is 36.8 Å². The van der Waals surface area contributed by atoms with E-state index in [2.05, 4.69) is 0 Å². The van der Waals surface area contributed by atoms with Gasteiger partial charge in [0.15, 0.2) is 0 Å². The molecule has 0 saturated carbocycles. The van der Waals surface area contributed by atoms with Gasteiger partial charge in [-0.05, 0) is 0 Å². The van der Waals surface area contributed by atoms with Crippen LogP contribution in [-0.4, -0.2) is 73.5 Å². The summed E-state index contributed by atoms with van der Waals surface area (Å²) in [6.45, 7) is 5.37. The number of carboxylic acid groups (broad SMARTS) is 2. The molecule has 18 heavy (non-hydrogen) atoms. The molecule has 0 saturated heterocycles. The first kappa shape index (κ1) is 19.2. The van der Waals surface area contributed by atoms with Gasteiger partial charge >= 0.3 is 130 Å². The Bertz CT molecular complexity index is 306. The molecule has 0 amide bonds. The number of carbonyl (C=O) groups is 2. The quantitative estimate of drug-likeness (QED) is 0.307. The molecule has 2 atom stereocenters. The first-order valence-electron chi connectivity index (χ1n) is 4.74. The zero-order valence-electron chi connectivity index (χ0n) is 9.98. The van der Waals surface area contributed by atoms with Crippen LogP contribution in [0.4, 0.5) is 0 Å².